The lowest BCUT2D eigenvalue weighted by Gasteiger charge is -2.06. The maximum atomic E-state index is 10.4. The van der Waals surface area contributed by atoms with Gasteiger partial charge in [-0.3, -0.25) is 10.4 Å². The molecule has 0 aliphatic carbocycles. The summed E-state index contributed by atoms with van der Waals surface area (Å²) >= 11 is 4.88. The average Bonchev–Trinajstić information content (AvgIpc) is 2.42. The standard InChI is InChI=1S/C11H14N4O3S/c1-7(14-15-11(19)12-2)9-5-8(3-4-13-9)18-6-10(16)17/h3-5H,6H2,1-2H3,(H,16,17)(H2,12,15,19)/b14-7+. The maximum Gasteiger partial charge on any atom is 0.341 e. The third-order valence-electron chi connectivity index (χ3n) is 2.02. The highest BCUT2D eigenvalue weighted by molar-refractivity contribution is 7.80. The number of carboxylic acid groups (broad SMARTS) is 1. The Balaban J connectivity index is 2.74. The molecule has 0 atom stereocenters. The van der Waals surface area contributed by atoms with Crippen molar-refractivity contribution in [3.8, 4) is 5.75 Å². The van der Waals surface area contributed by atoms with Gasteiger partial charge in [0.2, 0.25) is 0 Å². The minimum atomic E-state index is -1.04. The number of carbonyl (C=O) groups is 1. The Morgan fingerprint density at radius 3 is 3.00 bits per heavy atom. The molecule has 3 N–H and O–H groups in total. The third kappa shape index (κ3) is 5.30. The summed E-state index contributed by atoms with van der Waals surface area (Å²) in [4.78, 5) is 14.5. The van der Waals surface area contributed by atoms with Crippen LogP contribution in [0.3, 0.4) is 0 Å². The van der Waals surface area contributed by atoms with Crippen LogP contribution >= 0.6 is 12.2 Å². The van der Waals surface area contributed by atoms with E-state index in [1.54, 1.807) is 26.1 Å². The predicted molar refractivity (Wildman–Crippen MR) is 74.4 cm³/mol. The van der Waals surface area contributed by atoms with Gasteiger partial charge in [0.15, 0.2) is 11.7 Å². The number of pyridine rings is 1. The summed E-state index contributed by atoms with van der Waals surface area (Å²) in [6.07, 6.45) is 1.52. The van der Waals surface area contributed by atoms with E-state index in [9.17, 15) is 4.79 Å². The van der Waals surface area contributed by atoms with Crippen LogP contribution in [0.5, 0.6) is 5.75 Å². The molecule has 7 nitrogen and oxygen atoms in total. The number of carboxylic acids is 1. The van der Waals surface area contributed by atoms with Gasteiger partial charge in [-0.2, -0.15) is 5.10 Å². The first-order valence-corrected chi connectivity index (χ1v) is 5.76. The SMILES string of the molecule is CNC(=S)N/N=C(\C)c1cc(OCC(=O)O)ccn1. The van der Waals surface area contributed by atoms with Crippen LogP contribution in [0.2, 0.25) is 0 Å². The van der Waals surface area contributed by atoms with Gasteiger partial charge in [-0.1, -0.05) is 0 Å². The minimum Gasteiger partial charge on any atom is -0.482 e. The number of nitrogens with one attached hydrogen (secondary N) is 2. The van der Waals surface area contributed by atoms with Crippen LogP contribution in [0.4, 0.5) is 0 Å². The topological polar surface area (TPSA) is 95.8 Å². The summed E-state index contributed by atoms with van der Waals surface area (Å²) in [6, 6.07) is 3.18. The summed E-state index contributed by atoms with van der Waals surface area (Å²) in [5.74, 6) is -0.622. The first kappa shape index (κ1) is 14.8. The molecule has 1 aromatic heterocycles. The van der Waals surface area contributed by atoms with Crippen LogP contribution in [0, 0.1) is 0 Å². The summed E-state index contributed by atoms with van der Waals surface area (Å²) in [5, 5.41) is 15.7. The number of hydrogen-bond donors (Lipinski definition) is 3. The molecular weight excluding hydrogens is 268 g/mol. The first-order chi connectivity index (χ1) is 9.02. The molecule has 0 radical (unpaired) electrons. The quantitative estimate of drug-likeness (QED) is 0.408. The Bertz CT molecular complexity index is 504. The van der Waals surface area contributed by atoms with Crippen LogP contribution < -0.4 is 15.5 Å². The zero-order chi connectivity index (χ0) is 14.3. The normalized spacial score (nSPS) is 10.7. The van der Waals surface area contributed by atoms with E-state index < -0.39 is 12.6 Å². The van der Waals surface area contributed by atoms with Gasteiger partial charge in [0.05, 0.1) is 11.4 Å². The number of hydrazone groups is 1. The van der Waals surface area contributed by atoms with Gasteiger partial charge in [0.1, 0.15) is 5.75 Å². The van der Waals surface area contributed by atoms with Crippen molar-refractivity contribution >= 4 is 29.0 Å². The van der Waals surface area contributed by atoms with Crippen LogP contribution in [-0.2, 0) is 4.79 Å². The number of nitrogens with zero attached hydrogens (tertiary/aromatic N) is 2. The highest BCUT2D eigenvalue weighted by Crippen LogP contribution is 2.11. The molecular formula is C11H14N4O3S. The highest BCUT2D eigenvalue weighted by atomic mass is 32.1. The van der Waals surface area contributed by atoms with Gasteiger partial charge in [-0.15, -0.1) is 0 Å². The third-order valence-corrected chi connectivity index (χ3v) is 2.31. The molecule has 0 saturated carbocycles. The van der Waals surface area contributed by atoms with E-state index in [1.807, 2.05) is 0 Å². The summed E-state index contributed by atoms with van der Waals surface area (Å²) < 4.78 is 5.05. The van der Waals surface area contributed by atoms with Gasteiger partial charge in [-0.05, 0) is 25.2 Å². The van der Waals surface area contributed by atoms with Gasteiger partial charge >= 0.3 is 5.97 Å². The Morgan fingerprint density at radius 1 is 1.63 bits per heavy atom. The van der Waals surface area contributed by atoms with E-state index in [0.29, 0.717) is 22.3 Å². The largest absolute Gasteiger partial charge is 0.482 e. The Labute approximate surface area is 115 Å². The molecule has 0 spiro atoms. The fourth-order valence-electron chi connectivity index (χ4n) is 1.09. The Hall–Kier alpha value is -2.22. The van der Waals surface area contributed by atoms with Crippen molar-refractivity contribution < 1.29 is 14.6 Å². The zero-order valence-corrected chi connectivity index (χ0v) is 11.3. The molecule has 0 fully saturated rings. The fourth-order valence-corrected chi connectivity index (χ4v) is 1.14. The summed E-state index contributed by atoms with van der Waals surface area (Å²) in [7, 11) is 1.68. The molecule has 1 heterocycles. The second-order valence-electron chi connectivity index (χ2n) is 3.45. The van der Waals surface area contributed by atoms with Gasteiger partial charge < -0.3 is 15.2 Å². The van der Waals surface area contributed by atoms with Crippen molar-refractivity contribution in [2.24, 2.45) is 5.10 Å². The first-order valence-electron chi connectivity index (χ1n) is 5.36. The van der Waals surface area contributed by atoms with Crippen molar-refractivity contribution in [2.45, 2.75) is 6.92 Å². The molecule has 0 aliphatic rings. The number of ether oxygens (including phenoxy) is 1. The summed E-state index contributed by atoms with van der Waals surface area (Å²) in [5.41, 5.74) is 3.79. The lowest BCUT2D eigenvalue weighted by molar-refractivity contribution is -0.139. The number of aromatic nitrogens is 1. The smallest absolute Gasteiger partial charge is 0.341 e. The molecule has 102 valence electrons. The van der Waals surface area contributed by atoms with Crippen molar-refractivity contribution in [3.63, 3.8) is 0 Å². The molecule has 0 aliphatic heterocycles. The monoisotopic (exact) mass is 282 g/mol. The second-order valence-corrected chi connectivity index (χ2v) is 3.86. The molecule has 0 bridgehead atoms. The molecule has 19 heavy (non-hydrogen) atoms. The Kier molecular flexibility index (Phi) is 5.68. The van der Waals surface area contributed by atoms with Crippen LogP contribution in [0.25, 0.3) is 0 Å². The number of thiocarbonyl (C=S) groups is 1. The van der Waals surface area contributed by atoms with Crippen molar-refractivity contribution in [2.75, 3.05) is 13.7 Å². The molecule has 1 aromatic rings. The fraction of sp³-hybridized carbons (Fsp3) is 0.273. The molecule has 0 aromatic carbocycles. The van der Waals surface area contributed by atoms with E-state index in [4.69, 9.17) is 22.1 Å². The van der Waals surface area contributed by atoms with E-state index in [2.05, 4.69) is 20.8 Å². The van der Waals surface area contributed by atoms with Crippen LogP contribution in [0.1, 0.15) is 12.6 Å². The lowest BCUT2D eigenvalue weighted by atomic mass is 10.2. The van der Waals surface area contributed by atoms with E-state index in [-0.39, 0.29) is 0 Å². The van der Waals surface area contributed by atoms with E-state index in [0.717, 1.165) is 0 Å². The number of aliphatic carboxylic acids is 1. The molecule has 1 rings (SSSR count). The van der Waals surface area contributed by atoms with E-state index >= 15 is 0 Å². The highest BCUT2D eigenvalue weighted by Gasteiger charge is 2.04. The van der Waals surface area contributed by atoms with Gasteiger partial charge in [0, 0.05) is 19.3 Å². The van der Waals surface area contributed by atoms with Gasteiger partial charge in [-0.25, -0.2) is 4.79 Å². The van der Waals surface area contributed by atoms with Crippen molar-refractivity contribution in [1.29, 1.82) is 0 Å². The molecule has 0 saturated heterocycles. The van der Waals surface area contributed by atoms with Crippen molar-refractivity contribution in [3.05, 3.63) is 24.0 Å². The molecule has 0 amide bonds. The predicted octanol–water partition coefficient (Wildman–Crippen LogP) is 0.363. The molecule has 0 unspecified atom stereocenters. The number of rotatable bonds is 5. The second kappa shape index (κ2) is 7.27. The lowest BCUT2D eigenvalue weighted by Crippen LogP contribution is -2.29. The molecule has 8 heteroatoms. The maximum absolute atomic E-state index is 10.4. The van der Waals surface area contributed by atoms with Crippen LogP contribution in [-0.4, -0.2) is 40.5 Å². The average molecular weight is 282 g/mol. The van der Waals surface area contributed by atoms with Crippen LogP contribution in [0.15, 0.2) is 23.4 Å². The minimum absolute atomic E-state index is 0.387. The zero-order valence-electron chi connectivity index (χ0n) is 10.5. The van der Waals surface area contributed by atoms with Crippen molar-refractivity contribution in [1.82, 2.24) is 15.7 Å². The van der Waals surface area contributed by atoms with Gasteiger partial charge in [0.25, 0.3) is 0 Å². The van der Waals surface area contributed by atoms with E-state index in [1.165, 1.54) is 6.20 Å². The Morgan fingerprint density at radius 2 is 2.37 bits per heavy atom. The summed E-state index contributed by atoms with van der Waals surface area (Å²) in [6.45, 7) is 1.34. The number of hydrogen-bond acceptors (Lipinski definition) is 5.